The minimum atomic E-state index is -4.74. The van der Waals surface area contributed by atoms with Crippen molar-refractivity contribution in [2.45, 2.75) is 26.1 Å². The smallest absolute Gasteiger partial charge is 0.368 e. The first kappa shape index (κ1) is 22.3. The highest BCUT2D eigenvalue weighted by Gasteiger charge is 2.34. The third-order valence-electron chi connectivity index (χ3n) is 5.23. The van der Waals surface area contributed by atoms with Gasteiger partial charge in [0.15, 0.2) is 0 Å². The summed E-state index contributed by atoms with van der Waals surface area (Å²) in [6.45, 7) is 3.46. The van der Waals surface area contributed by atoms with Gasteiger partial charge in [-0.1, -0.05) is 18.2 Å². The molecule has 0 aliphatic carbocycles. The van der Waals surface area contributed by atoms with Crippen molar-refractivity contribution in [2.75, 3.05) is 11.1 Å². The molecular weight excluding hydrogens is 438 g/mol. The molecule has 4 rings (SSSR count). The van der Waals surface area contributed by atoms with Gasteiger partial charge in [0.05, 0.1) is 22.7 Å². The minimum Gasteiger partial charge on any atom is -0.368 e. The van der Waals surface area contributed by atoms with E-state index in [1.54, 1.807) is 13.8 Å². The summed E-state index contributed by atoms with van der Waals surface area (Å²) in [7, 11) is 0. The van der Waals surface area contributed by atoms with Crippen molar-refractivity contribution < 1.29 is 17.6 Å². The van der Waals surface area contributed by atoms with E-state index in [2.05, 4.69) is 15.3 Å². The van der Waals surface area contributed by atoms with Crippen molar-refractivity contribution in [2.24, 2.45) is 0 Å². The van der Waals surface area contributed by atoms with Crippen LogP contribution in [0.4, 0.5) is 29.3 Å². The Morgan fingerprint density at radius 2 is 1.85 bits per heavy atom. The van der Waals surface area contributed by atoms with E-state index in [0.29, 0.717) is 17.1 Å². The lowest BCUT2D eigenvalue weighted by Gasteiger charge is -2.23. The number of alkyl halides is 3. The number of halogens is 4. The molecular formula is C23H19F4N5O. The molecule has 0 saturated heterocycles. The van der Waals surface area contributed by atoms with E-state index in [-0.39, 0.29) is 17.0 Å². The maximum absolute atomic E-state index is 14.0. The number of hydrogen-bond acceptors (Lipinski definition) is 5. The number of nitrogens with one attached hydrogen (secondary N) is 1. The van der Waals surface area contributed by atoms with Gasteiger partial charge in [-0.05, 0) is 49.6 Å². The van der Waals surface area contributed by atoms with Gasteiger partial charge in [-0.15, -0.1) is 0 Å². The second-order valence-electron chi connectivity index (χ2n) is 7.58. The van der Waals surface area contributed by atoms with Crippen LogP contribution in [0.25, 0.3) is 16.5 Å². The Balaban J connectivity index is 2.00. The van der Waals surface area contributed by atoms with Crippen LogP contribution in [0, 0.1) is 12.7 Å². The Hall–Kier alpha value is -3.95. The van der Waals surface area contributed by atoms with E-state index >= 15 is 0 Å². The van der Waals surface area contributed by atoms with Crippen LogP contribution >= 0.6 is 0 Å². The van der Waals surface area contributed by atoms with Crippen molar-refractivity contribution in [3.05, 3.63) is 87.7 Å². The molecule has 2 aromatic carbocycles. The highest BCUT2D eigenvalue weighted by atomic mass is 19.4. The minimum absolute atomic E-state index is 0.0335. The van der Waals surface area contributed by atoms with Gasteiger partial charge in [0.1, 0.15) is 11.6 Å². The van der Waals surface area contributed by atoms with Crippen LogP contribution in [0.15, 0.2) is 59.5 Å². The number of anilines is 2. The first-order chi connectivity index (χ1) is 15.6. The molecule has 6 nitrogen and oxygen atoms in total. The van der Waals surface area contributed by atoms with Gasteiger partial charge in [0.25, 0.3) is 5.56 Å². The fourth-order valence-corrected chi connectivity index (χ4v) is 3.70. The van der Waals surface area contributed by atoms with Crippen LogP contribution in [0.2, 0.25) is 0 Å². The molecule has 10 heteroatoms. The number of nitrogens with zero attached hydrogens (tertiary/aromatic N) is 3. The largest absolute Gasteiger partial charge is 0.417 e. The molecule has 4 aromatic rings. The first-order valence-corrected chi connectivity index (χ1v) is 9.93. The summed E-state index contributed by atoms with van der Waals surface area (Å²) < 4.78 is 56.1. The fraction of sp³-hybridized carbons (Fsp3) is 0.174. The van der Waals surface area contributed by atoms with Crippen molar-refractivity contribution >= 4 is 22.5 Å². The van der Waals surface area contributed by atoms with E-state index < -0.39 is 34.5 Å². The van der Waals surface area contributed by atoms with Gasteiger partial charge >= 0.3 is 6.18 Å². The van der Waals surface area contributed by atoms with Gasteiger partial charge in [0.2, 0.25) is 5.95 Å². The number of hydrogen-bond donors (Lipinski definition) is 2. The molecule has 2 heterocycles. The average molecular weight is 457 g/mol. The van der Waals surface area contributed by atoms with Crippen LogP contribution in [0.3, 0.4) is 0 Å². The third-order valence-corrected chi connectivity index (χ3v) is 5.23. The summed E-state index contributed by atoms with van der Waals surface area (Å²) in [5.74, 6) is -0.196. The topological polar surface area (TPSA) is 85.8 Å². The van der Waals surface area contributed by atoms with E-state index in [4.69, 9.17) is 5.73 Å². The number of nitrogens with two attached hydrogens (primary N) is 1. The van der Waals surface area contributed by atoms with Crippen LogP contribution in [0.5, 0.6) is 0 Å². The zero-order valence-corrected chi connectivity index (χ0v) is 17.6. The van der Waals surface area contributed by atoms with Gasteiger partial charge < -0.3 is 11.1 Å². The lowest BCUT2D eigenvalue weighted by molar-refractivity contribution is -0.136. The van der Waals surface area contributed by atoms with E-state index in [1.165, 1.54) is 42.6 Å². The second kappa shape index (κ2) is 8.19. The van der Waals surface area contributed by atoms with Crippen LogP contribution < -0.4 is 16.6 Å². The van der Waals surface area contributed by atoms with Crippen LogP contribution in [0.1, 0.15) is 29.8 Å². The molecule has 1 atom stereocenters. The molecule has 0 spiro atoms. The Bertz CT molecular complexity index is 1410. The molecule has 0 amide bonds. The number of rotatable bonds is 4. The monoisotopic (exact) mass is 457 g/mol. The molecule has 0 radical (unpaired) electrons. The summed E-state index contributed by atoms with van der Waals surface area (Å²) in [5.41, 5.74) is 4.80. The maximum atomic E-state index is 14.0. The van der Waals surface area contributed by atoms with Crippen LogP contribution in [-0.4, -0.2) is 14.5 Å². The molecule has 0 fully saturated rings. The zero-order chi connectivity index (χ0) is 23.9. The summed E-state index contributed by atoms with van der Waals surface area (Å²) in [6.07, 6.45) is -3.22. The second-order valence-corrected chi connectivity index (χ2v) is 7.58. The molecule has 0 bridgehead atoms. The molecule has 0 saturated carbocycles. The fourth-order valence-electron chi connectivity index (χ4n) is 3.70. The van der Waals surface area contributed by atoms with Gasteiger partial charge in [-0.2, -0.15) is 18.2 Å². The Kier molecular flexibility index (Phi) is 5.52. The zero-order valence-electron chi connectivity index (χ0n) is 17.6. The molecule has 3 N–H and O–H groups in total. The maximum Gasteiger partial charge on any atom is 0.417 e. The van der Waals surface area contributed by atoms with Crippen molar-refractivity contribution in [3.8, 4) is 5.69 Å². The molecule has 170 valence electrons. The number of aryl methyl sites for hydroxylation is 1. The predicted molar refractivity (Wildman–Crippen MR) is 118 cm³/mol. The van der Waals surface area contributed by atoms with E-state index in [9.17, 15) is 22.4 Å². The molecule has 0 unspecified atom stereocenters. The lowest BCUT2D eigenvalue weighted by Crippen LogP contribution is -2.27. The SMILES string of the molecule is Cc1cnc(N)nc1N[C@@H](C)c1cc2cccc(C(F)(F)F)c2c(=O)n1-c1cccc(F)c1. The standard InChI is InChI=1S/C23H19F4N5O/c1-12-11-29-22(28)31-20(12)30-13(2)18-9-14-5-3-8-17(23(25,26)27)19(14)21(33)32(18)16-7-4-6-15(24)10-16/h3-11,13H,1-2H3,(H3,28,29,30,31)/t13-/m0/s1. The first-order valence-electron chi connectivity index (χ1n) is 9.93. The highest BCUT2D eigenvalue weighted by molar-refractivity contribution is 5.86. The quantitative estimate of drug-likeness (QED) is 0.421. The number of pyridine rings is 1. The highest BCUT2D eigenvalue weighted by Crippen LogP contribution is 2.34. The molecule has 2 aromatic heterocycles. The Morgan fingerprint density at radius 3 is 2.55 bits per heavy atom. The van der Waals surface area contributed by atoms with Gasteiger partial charge in [0, 0.05) is 17.5 Å². The van der Waals surface area contributed by atoms with Gasteiger partial charge in [-0.25, -0.2) is 9.37 Å². The number of fused-ring (bicyclic) bond motifs is 1. The average Bonchev–Trinajstić information content (AvgIpc) is 2.75. The van der Waals surface area contributed by atoms with Crippen molar-refractivity contribution in [3.63, 3.8) is 0 Å². The number of benzene rings is 2. The number of aromatic nitrogens is 3. The Morgan fingerprint density at radius 1 is 1.12 bits per heavy atom. The summed E-state index contributed by atoms with van der Waals surface area (Å²) in [5, 5.41) is 2.74. The predicted octanol–water partition coefficient (Wildman–Crippen LogP) is 5.00. The Labute approximate surface area is 185 Å². The number of nitrogen functional groups attached to an aromatic ring is 1. The van der Waals surface area contributed by atoms with Crippen LogP contribution in [-0.2, 0) is 6.18 Å². The normalized spacial score (nSPS) is 12.7. The summed E-state index contributed by atoms with van der Waals surface area (Å²) in [4.78, 5) is 21.5. The summed E-state index contributed by atoms with van der Waals surface area (Å²) in [6, 6.07) is 9.51. The molecule has 33 heavy (non-hydrogen) atoms. The lowest BCUT2D eigenvalue weighted by atomic mass is 10.0. The van der Waals surface area contributed by atoms with E-state index in [0.717, 1.165) is 16.7 Å². The van der Waals surface area contributed by atoms with E-state index in [1.807, 2.05) is 0 Å². The van der Waals surface area contributed by atoms with Crippen molar-refractivity contribution in [1.82, 2.24) is 14.5 Å². The van der Waals surface area contributed by atoms with Crippen molar-refractivity contribution in [1.29, 1.82) is 0 Å². The third kappa shape index (κ3) is 4.23. The molecule has 0 aliphatic rings. The molecule has 0 aliphatic heterocycles. The van der Waals surface area contributed by atoms with Gasteiger partial charge in [-0.3, -0.25) is 9.36 Å². The summed E-state index contributed by atoms with van der Waals surface area (Å²) >= 11 is 0.